The van der Waals surface area contributed by atoms with Gasteiger partial charge in [0.25, 0.3) is 5.91 Å². The summed E-state index contributed by atoms with van der Waals surface area (Å²) < 4.78 is 0. The predicted molar refractivity (Wildman–Crippen MR) is 81.4 cm³/mol. The summed E-state index contributed by atoms with van der Waals surface area (Å²) in [7, 11) is 0. The van der Waals surface area contributed by atoms with Crippen molar-refractivity contribution < 1.29 is 9.59 Å². The predicted octanol–water partition coefficient (Wildman–Crippen LogP) is 1.55. The van der Waals surface area contributed by atoms with Gasteiger partial charge in [-0.2, -0.15) is 0 Å². The molecule has 5 nitrogen and oxygen atoms in total. The topological polar surface area (TPSA) is 70.2 Å². The highest BCUT2D eigenvalue weighted by Crippen LogP contribution is 2.12. The van der Waals surface area contributed by atoms with Crippen molar-refractivity contribution in [3.05, 3.63) is 29.8 Å². The molecule has 0 spiro atoms. The van der Waals surface area contributed by atoms with E-state index in [2.05, 4.69) is 16.0 Å². The number of carbonyl (C=O) groups excluding carboxylic acids is 2. The van der Waals surface area contributed by atoms with E-state index in [0.717, 1.165) is 19.4 Å². The molecule has 1 aromatic rings. The normalized spacial score (nSPS) is 17.1. The molecule has 0 saturated carbocycles. The Balaban J connectivity index is 0.00000200. The number of rotatable bonds is 4. The van der Waals surface area contributed by atoms with Gasteiger partial charge in [-0.15, -0.1) is 12.4 Å². The number of anilines is 1. The molecule has 1 unspecified atom stereocenters. The summed E-state index contributed by atoms with van der Waals surface area (Å²) in [5.74, 6) is -0.110. The van der Waals surface area contributed by atoms with E-state index in [1.807, 2.05) is 6.92 Å². The SMILES string of the molecule is CCNC(=O)c1ccc(NC(=O)C2CCCN2)cc1.Cl. The van der Waals surface area contributed by atoms with Crippen molar-refractivity contribution in [2.75, 3.05) is 18.4 Å². The molecule has 3 N–H and O–H groups in total. The number of benzene rings is 1. The summed E-state index contributed by atoms with van der Waals surface area (Å²) in [6, 6.07) is 6.82. The minimum atomic E-state index is -0.0992. The Hall–Kier alpha value is -1.59. The Bertz CT molecular complexity index is 456. The summed E-state index contributed by atoms with van der Waals surface area (Å²) in [6.45, 7) is 3.37. The highest BCUT2D eigenvalue weighted by Gasteiger charge is 2.21. The molecule has 2 rings (SSSR count). The lowest BCUT2D eigenvalue weighted by Gasteiger charge is -2.11. The molecule has 0 aliphatic carbocycles. The molecule has 1 saturated heterocycles. The third-order valence-electron chi connectivity index (χ3n) is 3.13. The van der Waals surface area contributed by atoms with E-state index >= 15 is 0 Å². The van der Waals surface area contributed by atoms with Crippen LogP contribution in [0.5, 0.6) is 0 Å². The second-order valence-corrected chi connectivity index (χ2v) is 4.57. The molecule has 110 valence electrons. The Morgan fingerprint density at radius 3 is 2.55 bits per heavy atom. The molecule has 0 radical (unpaired) electrons. The van der Waals surface area contributed by atoms with Crippen LogP contribution in [-0.4, -0.2) is 30.9 Å². The van der Waals surface area contributed by atoms with Gasteiger partial charge < -0.3 is 16.0 Å². The zero-order valence-electron chi connectivity index (χ0n) is 11.4. The van der Waals surface area contributed by atoms with E-state index in [9.17, 15) is 9.59 Å². The summed E-state index contributed by atoms with van der Waals surface area (Å²) >= 11 is 0. The number of amides is 2. The van der Waals surface area contributed by atoms with Crippen molar-refractivity contribution in [1.29, 1.82) is 0 Å². The van der Waals surface area contributed by atoms with Crippen LogP contribution in [0.2, 0.25) is 0 Å². The van der Waals surface area contributed by atoms with Crippen molar-refractivity contribution in [3.63, 3.8) is 0 Å². The molecule has 1 fully saturated rings. The second-order valence-electron chi connectivity index (χ2n) is 4.57. The zero-order chi connectivity index (χ0) is 13.7. The fraction of sp³-hybridized carbons (Fsp3) is 0.429. The lowest BCUT2D eigenvalue weighted by Crippen LogP contribution is -2.35. The molecule has 0 aromatic heterocycles. The maximum atomic E-state index is 11.9. The average Bonchev–Trinajstić information content (AvgIpc) is 2.94. The summed E-state index contributed by atoms with van der Waals surface area (Å²) in [4.78, 5) is 23.5. The molecule has 1 heterocycles. The van der Waals surface area contributed by atoms with Crippen LogP contribution in [0.15, 0.2) is 24.3 Å². The molecular formula is C14H20ClN3O2. The van der Waals surface area contributed by atoms with Crippen LogP contribution >= 0.6 is 12.4 Å². The van der Waals surface area contributed by atoms with Gasteiger partial charge in [-0.25, -0.2) is 0 Å². The minimum absolute atomic E-state index is 0. The first-order valence-electron chi connectivity index (χ1n) is 6.63. The number of nitrogens with one attached hydrogen (secondary N) is 3. The van der Waals surface area contributed by atoms with Crippen molar-refractivity contribution in [2.24, 2.45) is 0 Å². The zero-order valence-corrected chi connectivity index (χ0v) is 12.3. The van der Waals surface area contributed by atoms with Crippen LogP contribution in [0.1, 0.15) is 30.1 Å². The molecule has 1 atom stereocenters. The second kappa shape index (κ2) is 7.87. The van der Waals surface area contributed by atoms with Crippen LogP contribution in [0.25, 0.3) is 0 Å². The Kier molecular flexibility index (Phi) is 6.48. The molecule has 0 bridgehead atoms. The Morgan fingerprint density at radius 1 is 1.30 bits per heavy atom. The van der Waals surface area contributed by atoms with Crippen LogP contribution < -0.4 is 16.0 Å². The first kappa shape index (κ1) is 16.5. The van der Waals surface area contributed by atoms with Gasteiger partial charge in [0.2, 0.25) is 5.91 Å². The molecule has 6 heteroatoms. The summed E-state index contributed by atoms with van der Waals surface area (Å²) in [5, 5.41) is 8.73. The van der Waals surface area contributed by atoms with Crippen molar-refractivity contribution in [3.8, 4) is 0 Å². The van der Waals surface area contributed by atoms with Gasteiger partial charge in [0.15, 0.2) is 0 Å². The highest BCUT2D eigenvalue weighted by atomic mass is 35.5. The van der Waals surface area contributed by atoms with Crippen LogP contribution in [0, 0.1) is 0 Å². The third kappa shape index (κ3) is 4.21. The van der Waals surface area contributed by atoms with Crippen LogP contribution in [-0.2, 0) is 4.79 Å². The van der Waals surface area contributed by atoms with Crippen LogP contribution in [0.3, 0.4) is 0 Å². The Morgan fingerprint density at radius 2 is 2.00 bits per heavy atom. The molecular weight excluding hydrogens is 278 g/mol. The largest absolute Gasteiger partial charge is 0.352 e. The van der Waals surface area contributed by atoms with E-state index in [1.165, 1.54) is 0 Å². The van der Waals surface area contributed by atoms with Gasteiger partial charge in [0.05, 0.1) is 6.04 Å². The standard InChI is InChI=1S/C14H19N3O2.ClH/c1-2-15-13(18)10-5-7-11(8-6-10)17-14(19)12-4-3-9-16-12;/h5-8,12,16H,2-4,9H2,1H3,(H,15,18)(H,17,19);1H. The van der Waals surface area contributed by atoms with E-state index in [0.29, 0.717) is 17.8 Å². The molecule has 2 amide bonds. The number of hydrogen-bond acceptors (Lipinski definition) is 3. The van der Waals surface area contributed by atoms with E-state index in [1.54, 1.807) is 24.3 Å². The summed E-state index contributed by atoms with van der Waals surface area (Å²) in [5.41, 5.74) is 1.31. The fourth-order valence-corrected chi connectivity index (χ4v) is 2.11. The average molecular weight is 298 g/mol. The summed E-state index contributed by atoms with van der Waals surface area (Å²) in [6.07, 6.45) is 1.91. The van der Waals surface area contributed by atoms with Gasteiger partial charge in [-0.1, -0.05) is 0 Å². The van der Waals surface area contributed by atoms with Gasteiger partial charge >= 0.3 is 0 Å². The van der Waals surface area contributed by atoms with Gasteiger partial charge in [0.1, 0.15) is 0 Å². The van der Waals surface area contributed by atoms with Crippen molar-refractivity contribution >= 4 is 29.9 Å². The monoisotopic (exact) mass is 297 g/mol. The maximum Gasteiger partial charge on any atom is 0.251 e. The smallest absolute Gasteiger partial charge is 0.251 e. The van der Waals surface area contributed by atoms with E-state index in [-0.39, 0.29) is 30.3 Å². The quantitative estimate of drug-likeness (QED) is 0.790. The van der Waals surface area contributed by atoms with E-state index in [4.69, 9.17) is 0 Å². The first-order chi connectivity index (χ1) is 9.20. The van der Waals surface area contributed by atoms with Gasteiger partial charge in [0, 0.05) is 17.8 Å². The third-order valence-corrected chi connectivity index (χ3v) is 3.13. The molecule has 1 aromatic carbocycles. The van der Waals surface area contributed by atoms with Crippen molar-refractivity contribution in [2.45, 2.75) is 25.8 Å². The van der Waals surface area contributed by atoms with E-state index < -0.39 is 0 Å². The first-order valence-corrected chi connectivity index (χ1v) is 6.63. The maximum absolute atomic E-state index is 11.9. The highest BCUT2D eigenvalue weighted by molar-refractivity contribution is 5.97. The number of carbonyl (C=O) groups is 2. The van der Waals surface area contributed by atoms with Gasteiger partial charge in [-0.05, 0) is 50.6 Å². The number of hydrogen-bond donors (Lipinski definition) is 3. The molecule has 1 aliphatic rings. The fourth-order valence-electron chi connectivity index (χ4n) is 2.11. The molecule has 1 aliphatic heterocycles. The lowest BCUT2D eigenvalue weighted by atomic mass is 10.1. The number of halogens is 1. The molecule has 20 heavy (non-hydrogen) atoms. The van der Waals surface area contributed by atoms with Crippen molar-refractivity contribution in [1.82, 2.24) is 10.6 Å². The Labute approximate surface area is 124 Å². The van der Waals surface area contributed by atoms with Gasteiger partial charge in [-0.3, -0.25) is 9.59 Å². The van der Waals surface area contributed by atoms with Crippen LogP contribution in [0.4, 0.5) is 5.69 Å². The minimum Gasteiger partial charge on any atom is -0.352 e. The lowest BCUT2D eigenvalue weighted by molar-refractivity contribution is -0.117.